The lowest BCUT2D eigenvalue weighted by Crippen LogP contribution is -2.46. The van der Waals surface area contributed by atoms with E-state index >= 15 is 0 Å². The first-order valence-electron chi connectivity index (χ1n) is 5.53. The first kappa shape index (κ1) is 12.9. The molecule has 1 fully saturated rings. The number of carbonyl (C=O) groups excluding carboxylic acids is 3. The summed E-state index contributed by atoms with van der Waals surface area (Å²) in [6.45, 7) is 5.63. The molecule has 0 N–H and O–H groups in total. The molecule has 0 spiro atoms. The molecular weight excluding hydrogens is 208 g/mol. The molecule has 4 nitrogen and oxygen atoms in total. The minimum Gasteiger partial charge on any atom is -0.468 e. The van der Waals surface area contributed by atoms with Crippen molar-refractivity contribution in [3.05, 3.63) is 0 Å². The Morgan fingerprint density at radius 1 is 1.31 bits per heavy atom. The third-order valence-electron chi connectivity index (χ3n) is 3.39. The standard InChI is InChI=1S/C12H18O4/c1-6(2)10-7(3)8(13)5-9(14)11(10)12(15)16-4/h6-7,10-11H,5H2,1-4H3. The topological polar surface area (TPSA) is 60.4 Å². The second-order valence-electron chi connectivity index (χ2n) is 4.72. The molecule has 0 aromatic carbocycles. The summed E-state index contributed by atoms with van der Waals surface area (Å²) < 4.78 is 4.65. The molecular formula is C12H18O4. The van der Waals surface area contributed by atoms with E-state index in [9.17, 15) is 14.4 Å². The zero-order valence-corrected chi connectivity index (χ0v) is 10.1. The average Bonchev–Trinajstić information content (AvgIpc) is 2.21. The SMILES string of the molecule is COC(=O)C1C(=O)CC(=O)C(C)C1C(C)C. The number of hydrogen-bond donors (Lipinski definition) is 0. The third-order valence-corrected chi connectivity index (χ3v) is 3.39. The molecule has 16 heavy (non-hydrogen) atoms. The Labute approximate surface area is 95.3 Å². The van der Waals surface area contributed by atoms with E-state index < -0.39 is 11.9 Å². The van der Waals surface area contributed by atoms with Crippen molar-refractivity contribution in [3.8, 4) is 0 Å². The van der Waals surface area contributed by atoms with E-state index in [4.69, 9.17) is 0 Å². The van der Waals surface area contributed by atoms with E-state index in [0.717, 1.165) is 0 Å². The van der Waals surface area contributed by atoms with Crippen LogP contribution in [0.25, 0.3) is 0 Å². The van der Waals surface area contributed by atoms with Crippen molar-refractivity contribution in [2.24, 2.45) is 23.7 Å². The summed E-state index contributed by atoms with van der Waals surface area (Å²) in [5, 5.41) is 0. The second-order valence-corrected chi connectivity index (χ2v) is 4.72. The highest BCUT2D eigenvalue weighted by Crippen LogP contribution is 2.36. The van der Waals surface area contributed by atoms with Crippen LogP contribution < -0.4 is 0 Å². The first-order chi connectivity index (χ1) is 7.40. The normalized spacial score (nSPS) is 30.7. The summed E-state index contributed by atoms with van der Waals surface area (Å²) in [6, 6.07) is 0. The van der Waals surface area contributed by atoms with E-state index in [1.165, 1.54) is 7.11 Å². The van der Waals surface area contributed by atoms with Crippen molar-refractivity contribution in [1.29, 1.82) is 0 Å². The van der Waals surface area contributed by atoms with Gasteiger partial charge in [0.05, 0.1) is 13.5 Å². The van der Waals surface area contributed by atoms with Gasteiger partial charge >= 0.3 is 5.97 Å². The molecule has 1 saturated carbocycles. The van der Waals surface area contributed by atoms with Crippen LogP contribution in [-0.4, -0.2) is 24.6 Å². The molecule has 3 atom stereocenters. The molecule has 4 heteroatoms. The zero-order chi connectivity index (χ0) is 12.5. The molecule has 90 valence electrons. The number of ketones is 2. The maximum Gasteiger partial charge on any atom is 0.316 e. The van der Waals surface area contributed by atoms with Crippen molar-refractivity contribution >= 4 is 17.5 Å². The van der Waals surface area contributed by atoms with Crippen molar-refractivity contribution in [1.82, 2.24) is 0 Å². The zero-order valence-electron chi connectivity index (χ0n) is 10.1. The molecule has 0 radical (unpaired) electrons. The third kappa shape index (κ3) is 2.15. The highest BCUT2D eigenvalue weighted by molar-refractivity contribution is 6.11. The predicted octanol–water partition coefficient (Wildman–Crippen LogP) is 1.23. The molecule has 0 aromatic heterocycles. The van der Waals surface area contributed by atoms with Gasteiger partial charge in [-0.25, -0.2) is 0 Å². The Hall–Kier alpha value is -1.19. The van der Waals surface area contributed by atoms with Crippen molar-refractivity contribution in [2.75, 3.05) is 7.11 Å². The largest absolute Gasteiger partial charge is 0.468 e. The quantitative estimate of drug-likeness (QED) is 0.525. The minimum absolute atomic E-state index is 0.0659. The van der Waals surface area contributed by atoms with Crippen LogP contribution in [0, 0.1) is 23.7 Å². The van der Waals surface area contributed by atoms with Gasteiger partial charge in [0.25, 0.3) is 0 Å². The van der Waals surface area contributed by atoms with Crippen LogP contribution in [0.2, 0.25) is 0 Å². The van der Waals surface area contributed by atoms with Crippen LogP contribution in [0.1, 0.15) is 27.2 Å². The maximum atomic E-state index is 11.7. The molecule has 1 aliphatic rings. The van der Waals surface area contributed by atoms with Gasteiger partial charge in [-0.3, -0.25) is 14.4 Å². The lowest BCUT2D eigenvalue weighted by atomic mass is 9.66. The Morgan fingerprint density at radius 3 is 2.31 bits per heavy atom. The molecule has 0 aromatic rings. The van der Waals surface area contributed by atoms with Gasteiger partial charge in [0, 0.05) is 5.92 Å². The molecule has 0 amide bonds. The van der Waals surface area contributed by atoms with E-state index in [0.29, 0.717) is 0 Å². The van der Waals surface area contributed by atoms with Gasteiger partial charge in [0.1, 0.15) is 11.7 Å². The van der Waals surface area contributed by atoms with Crippen LogP contribution in [0.4, 0.5) is 0 Å². The summed E-state index contributed by atoms with van der Waals surface area (Å²) in [5.41, 5.74) is 0. The van der Waals surface area contributed by atoms with Crippen molar-refractivity contribution in [2.45, 2.75) is 27.2 Å². The Morgan fingerprint density at radius 2 is 1.88 bits per heavy atom. The fourth-order valence-corrected chi connectivity index (χ4v) is 2.54. The fourth-order valence-electron chi connectivity index (χ4n) is 2.54. The van der Waals surface area contributed by atoms with Gasteiger partial charge in [0.15, 0.2) is 5.78 Å². The van der Waals surface area contributed by atoms with Gasteiger partial charge in [-0.2, -0.15) is 0 Å². The Bertz CT molecular complexity index is 319. The molecule has 0 aliphatic heterocycles. The molecule has 1 rings (SSSR count). The number of esters is 1. The molecule has 0 saturated heterocycles. The highest BCUT2D eigenvalue weighted by atomic mass is 16.5. The van der Waals surface area contributed by atoms with E-state index in [1.54, 1.807) is 6.92 Å². The molecule has 1 aliphatic carbocycles. The van der Waals surface area contributed by atoms with Crippen LogP contribution in [-0.2, 0) is 19.1 Å². The van der Waals surface area contributed by atoms with E-state index in [-0.39, 0.29) is 35.7 Å². The van der Waals surface area contributed by atoms with Crippen LogP contribution in [0.3, 0.4) is 0 Å². The second kappa shape index (κ2) is 4.76. The summed E-state index contributed by atoms with van der Waals surface area (Å²) in [4.78, 5) is 34.9. The number of Topliss-reactive ketones (excluding diaryl/α,β-unsaturated/α-hetero) is 2. The van der Waals surface area contributed by atoms with Crippen LogP contribution >= 0.6 is 0 Å². The van der Waals surface area contributed by atoms with E-state index in [1.807, 2.05) is 13.8 Å². The molecule has 0 heterocycles. The lowest BCUT2D eigenvalue weighted by molar-refractivity contribution is -0.157. The predicted molar refractivity (Wildman–Crippen MR) is 57.6 cm³/mol. The highest BCUT2D eigenvalue weighted by Gasteiger charge is 2.46. The smallest absolute Gasteiger partial charge is 0.316 e. The summed E-state index contributed by atoms with van der Waals surface area (Å²) in [6.07, 6.45) is -0.135. The molecule has 3 unspecified atom stereocenters. The Balaban J connectivity index is 3.05. The maximum absolute atomic E-state index is 11.7. The summed E-state index contributed by atoms with van der Waals surface area (Å²) in [5.74, 6) is -2.02. The number of rotatable bonds is 2. The lowest BCUT2D eigenvalue weighted by Gasteiger charge is -2.35. The van der Waals surface area contributed by atoms with E-state index in [2.05, 4.69) is 4.74 Å². The summed E-state index contributed by atoms with van der Waals surface area (Å²) in [7, 11) is 1.27. The Kier molecular flexibility index (Phi) is 3.83. The van der Waals surface area contributed by atoms with Gasteiger partial charge in [0.2, 0.25) is 0 Å². The summed E-state index contributed by atoms with van der Waals surface area (Å²) >= 11 is 0. The number of methoxy groups -OCH3 is 1. The van der Waals surface area contributed by atoms with Gasteiger partial charge < -0.3 is 4.74 Å². The van der Waals surface area contributed by atoms with Crippen LogP contribution in [0.5, 0.6) is 0 Å². The monoisotopic (exact) mass is 226 g/mol. The minimum atomic E-state index is -0.766. The molecule has 0 bridgehead atoms. The van der Waals surface area contributed by atoms with Crippen LogP contribution in [0.15, 0.2) is 0 Å². The number of ether oxygens (including phenoxy) is 1. The fraction of sp³-hybridized carbons (Fsp3) is 0.750. The van der Waals surface area contributed by atoms with Crippen molar-refractivity contribution in [3.63, 3.8) is 0 Å². The number of carbonyl (C=O) groups is 3. The van der Waals surface area contributed by atoms with Gasteiger partial charge in [-0.15, -0.1) is 0 Å². The number of hydrogen-bond acceptors (Lipinski definition) is 4. The first-order valence-corrected chi connectivity index (χ1v) is 5.53. The van der Waals surface area contributed by atoms with Crippen molar-refractivity contribution < 1.29 is 19.1 Å². The van der Waals surface area contributed by atoms with Gasteiger partial charge in [-0.1, -0.05) is 20.8 Å². The average molecular weight is 226 g/mol. The van der Waals surface area contributed by atoms with Gasteiger partial charge in [-0.05, 0) is 11.8 Å².